The molecule has 0 saturated carbocycles. The molecule has 146 valence electrons. The predicted molar refractivity (Wildman–Crippen MR) is 115 cm³/mol. The van der Waals surface area contributed by atoms with E-state index < -0.39 is 0 Å². The number of fused-ring (bicyclic) bond motifs is 2. The Hall–Kier alpha value is -3.05. The van der Waals surface area contributed by atoms with Crippen LogP contribution in [0.15, 0.2) is 76.5 Å². The van der Waals surface area contributed by atoms with Gasteiger partial charge in [0.25, 0.3) is 5.91 Å². The molecule has 4 rings (SSSR count). The third-order valence-electron chi connectivity index (χ3n) is 4.77. The van der Waals surface area contributed by atoms with E-state index in [2.05, 4.69) is 6.07 Å². The Morgan fingerprint density at radius 2 is 1.83 bits per heavy atom. The summed E-state index contributed by atoms with van der Waals surface area (Å²) in [5, 5.41) is 0. The zero-order valence-electron chi connectivity index (χ0n) is 16.3. The molecule has 3 aromatic carbocycles. The molecule has 0 unspecified atom stereocenters. The van der Waals surface area contributed by atoms with E-state index in [4.69, 9.17) is 4.74 Å². The lowest BCUT2D eigenvalue weighted by atomic mass is 10.1. The highest BCUT2D eigenvalue weighted by Gasteiger charge is 2.28. The van der Waals surface area contributed by atoms with Crippen molar-refractivity contribution in [2.45, 2.75) is 30.2 Å². The molecule has 3 aromatic rings. The van der Waals surface area contributed by atoms with Gasteiger partial charge in [-0.3, -0.25) is 4.79 Å². The molecule has 1 amide bonds. The maximum atomic E-state index is 13.5. The number of amides is 1. The van der Waals surface area contributed by atoms with Crippen LogP contribution in [-0.4, -0.2) is 18.5 Å². The molecule has 0 atom stereocenters. The van der Waals surface area contributed by atoms with Crippen molar-refractivity contribution in [3.05, 3.63) is 89.0 Å². The summed E-state index contributed by atoms with van der Waals surface area (Å²) >= 11 is 1.54. The van der Waals surface area contributed by atoms with Crippen LogP contribution in [0.1, 0.15) is 38.8 Å². The quantitative estimate of drug-likeness (QED) is 0.541. The molecule has 0 bridgehead atoms. The fraction of sp³-hybridized carbons (Fsp3) is 0.167. The number of carbonyl (C=O) groups excluding carboxylic acids is 2. The van der Waals surface area contributed by atoms with Crippen LogP contribution in [0.5, 0.6) is 0 Å². The molecule has 0 aliphatic carbocycles. The molecule has 5 heteroatoms. The smallest absolute Gasteiger partial charge is 0.338 e. The maximum absolute atomic E-state index is 13.5. The van der Waals surface area contributed by atoms with E-state index in [1.165, 1.54) is 0 Å². The lowest BCUT2D eigenvalue weighted by Gasteiger charge is -2.24. The first-order valence-electron chi connectivity index (χ1n) is 9.52. The van der Waals surface area contributed by atoms with Gasteiger partial charge in [-0.2, -0.15) is 0 Å². The minimum Gasteiger partial charge on any atom is -0.462 e. The Labute approximate surface area is 174 Å². The summed E-state index contributed by atoms with van der Waals surface area (Å²) < 4.78 is 5.16. The minimum absolute atomic E-state index is 0.0747. The van der Waals surface area contributed by atoms with Crippen molar-refractivity contribution in [1.29, 1.82) is 0 Å². The summed E-state index contributed by atoms with van der Waals surface area (Å²) in [5.41, 5.74) is 4.01. The van der Waals surface area contributed by atoms with Crippen molar-refractivity contribution >= 4 is 29.3 Å². The van der Waals surface area contributed by atoms with Crippen LogP contribution in [-0.2, 0) is 11.3 Å². The third kappa shape index (κ3) is 3.91. The molecule has 1 aliphatic heterocycles. The lowest BCUT2D eigenvalue weighted by molar-refractivity contribution is 0.0526. The van der Waals surface area contributed by atoms with E-state index in [-0.39, 0.29) is 11.9 Å². The molecular weight excluding hydrogens is 382 g/mol. The number of esters is 1. The van der Waals surface area contributed by atoms with Crippen LogP contribution in [0.3, 0.4) is 0 Å². The van der Waals surface area contributed by atoms with Gasteiger partial charge in [-0.05, 0) is 49.7 Å². The van der Waals surface area contributed by atoms with Crippen LogP contribution >= 0.6 is 11.8 Å². The van der Waals surface area contributed by atoms with Gasteiger partial charge in [-0.15, -0.1) is 0 Å². The standard InChI is InChI=1S/C24H21NO3S/c1-3-28-24(27)18-11-12-22-20(14-18)25(15-17-8-6-7-16(2)13-17)23(26)19-9-4-5-10-21(19)29-22/h4-14H,3,15H2,1-2H3. The van der Waals surface area contributed by atoms with Crippen LogP contribution in [0.4, 0.5) is 5.69 Å². The van der Waals surface area contributed by atoms with E-state index in [0.29, 0.717) is 24.3 Å². The fourth-order valence-electron chi connectivity index (χ4n) is 3.41. The average Bonchev–Trinajstić information content (AvgIpc) is 2.83. The van der Waals surface area contributed by atoms with Gasteiger partial charge in [-0.25, -0.2) is 4.79 Å². The van der Waals surface area contributed by atoms with Gasteiger partial charge < -0.3 is 9.64 Å². The van der Waals surface area contributed by atoms with Crippen molar-refractivity contribution in [3.8, 4) is 0 Å². The average molecular weight is 404 g/mol. The van der Waals surface area contributed by atoms with Crippen molar-refractivity contribution < 1.29 is 14.3 Å². The Kier molecular flexibility index (Phi) is 5.41. The molecule has 29 heavy (non-hydrogen) atoms. The van der Waals surface area contributed by atoms with Crippen LogP contribution < -0.4 is 4.90 Å². The van der Waals surface area contributed by atoms with E-state index in [9.17, 15) is 9.59 Å². The van der Waals surface area contributed by atoms with E-state index in [0.717, 1.165) is 26.6 Å². The minimum atomic E-state index is -0.384. The summed E-state index contributed by atoms with van der Waals surface area (Å²) in [7, 11) is 0. The molecule has 0 saturated heterocycles. The van der Waals surface area contributed by atoms with Gasteiger partial charge in [0, 0.05) is 9.79 Å². The third-order valence-corrected chi connectivity index (χ3v) is 5.91. The maximum Gasteiger partial charge on any atom is 0.338 e. The number of benzene rings is 3. The van der Waals surface area contributed by atoms with Crippen LogP contribution in [0, 0.1) is 6.92 Å². The molecule has 1 heterocycles. The molecule has 0 aromatic heterocycles. The highest BCUT2D eigenvalue weighted by Crippen LogP contribution is 2.42. The first kappa shape index (κ1) is 19.3. The highest BCUT2D eigenvalue weighted by atomic mass is 32.2. The summed E-state index contributed by atoms with van der Waals surface area (Å²) in [4.78, 5) is 29.4. The topological polar surface area (TPSA) is 46.6 Å². The highest BCUT2D eigenvalue weighted by molar-refractivity contribution is 7.99. The predicted octanol–water partition coefficient (Wildman–Crippen LogP) is 5.48. The van der Waals surface area contributed by atoms with Crippen molar-refractivity contribution in [1.82, 2.24) is 0 Å². The molecule has 0 spiro atoms. The van der Waals surface area contributed by atoms with Gasteiger partial charge in [-0.1, -0.05) is 53.7 Å². The summed E-state index contributed by atoms with van der Waals surface area (Å²) in [6.07, 6.45) is 0. The van der Waals surface area contributed by atoms with Gasteiger partial charge in [0.1, 0.15) is 0 Å². The summed E-state index contributed by atoms with van der Waals surface area (Å²) in [5.74, 6) is -0.459. The first-order chi connectivity index (χ1) is 14.1. The van der Waals surface area contributed by atoms with E-state index >= 15 is 0 Å². The number of hydrogen-bond donors (Lipinski definition) is 0. The summed E-state index contributed by atoms with van der Waals surface area (Å²) in [6, 6.07) is 21.1. The molecule has 1 aliphatic rings. The lowest BCUT2D eigenvalue weighted by Crippen LogP contribution is -2.30. The van der Waals surface area contributed by atoms with E-state index in [1.54, 1.807) is 35.7 Å². The number of aryl methyl sites for hydroxylation is 1. The molecule has 0 fully saturated rings. The molecule has 0 N–H and O–H groups in total. The second-order valence-corrected chi connectivity index (χ2v) is 7.97. The van der Waals surface area contributed by atoms with Gasteiger partial charge >= 0.3 is 5.97 Å². The molecular formula is C24H21NO3S. The zero-order valence-corrected chi connectivity index (χ0v) is 17.2. The Bertz CT molecular complexity index is 1090. The number of carbonyl (C=O) groups is 2. The number of rotatable bonds is 4. The normalized spacial score (nSPS) is 12.8. The number of ether oxygens (including phenoxy) is 1. The van der Waals surface area contributed by atoms with Gasteiger partial charge in [0.05, 0.1) is 30.0 Å². The second kappa shape index (κ2) is 8.13. The van der Waals surface area contributed by atoms with Gasteiger partial charge in [0.15, 0.2) is 0 Å². The number of nitrogens with zero attached hydrogens (tertiary/aromatic N) is 1. The van der Waals surface area contributed by atoms with Crippen molar-refractivity contribution in [3.63, 3.8) is 0 Å². The Balaban J connectivity index is 1.83. The summed E-state index contributed by atoms with van der Waals surface area (Å²) in [6.45, 7) is 4.55. The van der Waals surface area contributed by atoms with Crippen LogP contribution in [0.2, 0.25) is 0 Å². The van der Waals surface area contributed by atoms with Crippen molar-refractivity contribution in [2.75, 3.05) is 11.5 Å². The zero-order chi connectivity index (χ0) is 20.4. The SMILES string of the molecule is CCOC(=O)c1ccc2c(c1)N(Cc1cccc(C)c1)C(=O)c1ccccc1S2. The second-order valence-electron chi connectivity index (χ2n) is 6.88. The largest absolute Gasteiger partial charge is 0.462 e. The van der Waals surface area contributed by atoms with E-state index in [1.807, 2.05) is 55.5 Å². The van der Waals surface area contributed by atoms with Crippen molar-refractivity contribution in [2.24, 2.45) is 0 Å². The fourth-order valence-corrected chi connectivity index (χ4v) is 4.47. The van der Waals surface area contributed by atoms with Crippen LogP contribution in [0.25, 0.3) is 0 Å². The number of hydrogen-bond acceptors (Lipinski definition) is 4. The molecule has 0 radical (unpaired) electrons. The first-order valence-corrected chi connectivity index (χ1v) is 10.3. The Morgan fingerprint density at radius 3 is 2.62 bits per heavy atom. The molecule has 4 nitrogen and oxygen atoms in total. The Morgan fingerprint density at radius 1 is 1.00 bits per heavy atom. The van der Waals surface area contributed by atoms with Gasteiger partial charge in [0.2, 0.25) is 0 Å². The number of anilines is 1. The monoisotopic (exact) mass is 403 g/mol.